The van der Waals surface area contributed by atoms with Crippen LogP contribution in [0, 0.1) is 24.1 Å². The molecule has 160 valence electrons. The number of methoxy groups -OCH3 is 1. The van der Waals surface area contributed by atoms with Gasteiger partial charge in [0.25, 0.3) is 5.91 Å². The summed E-state index contributed by atoms with van der Waals surface area (Å²) in [6, 6.07) is 13.6. The van der Waals surface area contributed by atoms with Crippen LogP contribution in [0.4, 0.5) is 10.2 Å². The van der Waals surface area contributed by atoms with Gasteiger partial charge in [-0.1, -0.05) is 12.1 Å². The third kappa shape index (κ3) is 3.83. The Balaban J connectivity index is 1.66. The molecule has 0 N–H and O–H groups in total. The van der Waals surface area contributed by atoms with Gasteiger partial charge in [0, 0.05) is 18.3 Å². The average Bonchev–Trinajstić information content (AvgIpc) is 2.80. The summed E-state index contributed by atoms with van der Waals surface area (Å²) in [5, 5.41) is 9.38. The SMILES string of the molecule is COC(=O)c1ccc(Cc2cc3c(cc2C)CCN(c2ncccc2C#N)C3=O)cc1F. The number of hydrogen-bond donors (Lipinski definition) is 0. The number of carbonyl (C=O) groups excluding carboxylic acids is 2. The molecule has 4 rings (SSSR count). The number of nitriles is 1. The van der Waals surface area contributed by atoms with E-state index in [0.29, 0.717) is 41.9 Å². The van der Waals surface area contributed by atoms with Crippen molar-refractivity contribution < 1.29 is 18.7 Å². The van der Waals surface area contributed by atoms with Crippen molar-refractivity contribution in [3.8, 4) is 6.07 Å². The molecule has 0 saturated heterocycles. The van der Waals surface area contributed by atoms with Gasteiger partial charge in [0.15, 0.2) is 5.82 Å². The van der Waals surface area contributed by atoms with E-state index in [1.807, 2.05) is 19.1 Å². The van der Waals surface area contributed by atoms with Crippen molar-refractivity contribution >= 4 is 17.7 Å². The second-order valence-corrected chi connectivity index (χ2v) is 7.61. The first-order valence-corrected chi connectivity index (χ1v) is 10.1. The fourth-order valence-corrected chi connectivity index (χ4v) is 3.95. The first-order chi connectivity index (χ1) is 15.4. The standard InChI is InChI=1S/C25H20FN3O3/c1-15-10-17-7-9-29(23-18(14-27)4-3-8-28-23)24(30)21(17)13-19(15)11-16-5-6-20(22(26)12-16)25(31)32-2/h3-6,8,10,12-13H,7,9,11H2,1-2H3. The predicted octanol–water partition coefficient (Wildman–Crippen LogP) is 3.98. The van der Waals surface area contributed by atoms with Gasteiger partial charge in [-0.2, -0.15) is 5.26 Å². The Kier molecular flexibility index (Phi) is 5.69. The summed E-state index contributed by atoms with van der Waals surface area (Å²) in [7, 11) is 1.21. The van der Waals surface area contributed by atoms with Gasteiger partial charge in [0.1, 0.15) is 11.9 Å². The molecule has 0 atom stereocenters. The van der Waals surface area contributed by atoms with E-state index < -0.39 is 11.8 Å². The number of esters is 1. The quantitative estimate of drug-likeness (QED) is 0.586. The number of carbonyl (C=O) groups is 2. The van der Waals surface area contributed by atoms with Crippen LogP contribution in [0.15, 0.2) is 48.7 Å². The predicted molar refractivity (Wildman–Crippen MR) is 116 cm³/mol. The van der Waals surface area contributed by atoms with Gasteiger partial charge in [-0.25, -0.2) is 14.2 Å². The Bertz CT molecular complexity index is 1280. The van der Waals surface area contributed by atoms with Crippen LogP contribution >= 0.6 is 0 Å². The molecule has 32 heavy (non-hydrogen) atoms. The lowest BCUT2D eigenvalue weighted by Gasteiger charge is -2.29. The van der Waals surface area contributed by atoms with Crippen molar-refractivity contribution in [1.82, 2.24) is 4.98 Å². The fraction of sp³-hybridized carbons (Fsp3) is 0.200. The molecule has 2 aromatic carbocycles. The minimum absolute atomic E-state index is 0.118. The molecule has 3 aromatic rings. The molecular formula is C25H20FN3O3. The van der Waals surface area contributed by atoms with Crippen LogP contribution in [-0.2, 0) is 17.6 Å². The number of nitrogens with zero attached hydrogens (tertiary/aromatic N) is 3. The van der Waals surface area contributed by atoms with Gasteiger partial charge in [-0.05, 0) is 72.4 Å². The summed E-state index contributed by atoms with van der Waals surface area (Å²) in [5.74, 6) is -1.23. The lowest BCUT2D eigenvalue weighted by atomic mass is 9.90. The summed E-state index contributed by atoms with van der Waals surface area (Å²) in [6.45, 7) is 2.40. The molecular weight excluding hydrogens is 409 g/mol. The summed E-state index contributed by atoms with van der Waals surface area (Å²) < 4.78 is 18.9. The first kappa shape index (κ1) is 21.2. The molecule has 0 unspecified atom stereocenters. The summed E-state index contributed by atoms with van der Waals surface area (Å²) >= 11 is 0. The average molecular weight is 429 g/mol. The van der Waals surface area contributed by atoms with Gasteiger partial charge in [-0.15, -0.1) is 0 Å². The molecule has 0 spiro atoms. The van der Waals surface area contributed by atoms with Gasteiger partial charge >= 0.3 is 5.97 Å². The van der Waals surface area contributed by atoms with E-state index >= 15 is 0 Å². The zero-order chi connectivity index (χ0) is 22.8. The smallest absolute Gasteiger partial charge is 0.340 e. The molecule has 0 aliphatic carbocycles. The highest BCUT2D eigenvalue weighted by atomic mass is 19.1. The fourth-order valence-electron chi connectivity index (χ4n) is 3.95. The van der Waals surface area contributed by atoms with E-state index in [1.165, 1.54) is 24.1 Å². The largest absolute Gasteiger partial charge is 0.465 e. The Hall–Kier alpha value is -4.05. The van der Waals surface area contributed by atoms with Crippen LogP contribution in [-0.4, -0.2) is 30.5 Å². The topological polar surface area (TPSA) is 83.3 Å². The Morgan fingerprint density at radius 2 is 2.09 bits per heavy atom. The van der Waals surface area contributed by atoms with Crippen molar-refractivity contribution in [2.45, 2.75) is 19.8 Å². The number of ether oxygens (including phenoxy) is 1. The first-order valence-electron chi connectivity index (χ1n) is 10.1. The minimum atomic E-state index is -0.726. The zero-order valence-electron chi connectivity index (χ0n) is 17.7. The molecule has 0 bridgehead atoms. The highest BCUT2D eigenvalue weighted by Crippen LogP contribution is 2.28. The van der Waals surface area contributed by atoms with E-state index in [0.717, 1.165) is 16.7 Å². The van der Waals surface area contributed by atoms with Gasteiger partial charge in [0.05, 0.1) is 18.2 Å². The number of aromatic nitrogens is 1. The normalized spacial score (nSPS) is 12.8. The molecule has 0 saturated carbocycles. The summed E-state index contributed by atoms with van der Waals surface area (Å²) in [5.41, 5.74) is 4.27. The number of hydrogen-bond acceptors (Lipinski definition) is 5. The lowest BCUT2D eigenvalue weighted by Crippen LogP contribution is -2.38. The Labute approximate surface area is 184 Å². The van der Waals surface area contributed by atoms with E-state index in [-0.39, 0.29) is 11.5 Å². The van der Waals surface area contributed by atoms with Crippen molar-refractivity contribution in [3.05, 3.63) is 93.4 Å². The van der Waals surface area contributed by atoms with E-state index in [1.54, 1.807) is 24.4 Å². The number of benzene rings is 2. The van der Waals surface area contributed by atoms with Crippen LogP contribution in [0.25, 0.3) is 0 Å². The third-order valence-electron chi connectivity index (χ3n) is 5.64. The second kappa shape index (κ2) is 8.60. The highest BCUT2D eigenvalue weighted by molar-refractivity contribution is 6.08. The van der Waals surface area contributed by atoms with Gasteiger partial charge in [0.2, 0.25) is 0 Å². The molecule has 0 fully saturated rings. The van der Waals surface area contributed by atoms with Crippen molar-refractivity contribution in [2.75, 3.05) is 18.6 Å². The number of amides is 1. The Morgan fingerprint density at radius 3 is 2.81 bits per heavy atom. The number of anilines is 1. The maximum atomic E-state index is 14.3. The van der Waals surface area contributed by atoms with Crippen LogP contribution in [0.1, 0.15) is 48.5 Å². The molecule has 1 aromatic heterocycles. The molecule has 0 radical (unpaired) electrons. The number of fused-ring (bicyclic) bond motifs is 1. The molecule has 2 heterocycles. The van der Waals surface area contributed by atoms with Crippen LogP contribution in [0.2, 0.25) is 0 Å². The van der Waals surface area contributed by atoms with E-state index in [2.05, 4.69) is 15.8 Å². The van der Waals surface area contributed by atoms with E-state index in [4.69, 9.17) is 0 Å². The summed E-state index contributed by atoms with van der Waals surface area (Å²) in [4.78, 5) is 30.7. The highest BCUT2D eigenvalue weighted by Gasteiger charge is 2.28. The maximum absolute atomic E-state index is 14.3. The van der Waals surface area contributed by atoms with Crippen LogP contribution in [0.3, 0.4) is 0 Å². The second-order valence-electron chi connectivity index (χ2n) is 7.61. The van der Waals surface area contributed by atoms with Gasteiger partial charge in [-0.3, -0.25) is 9.69 Å². The third-order valence-corrected chi connectivity index (χ3v) is 5.64. The van der Waals surface area contributed by atoms with E-state index in [9.17, 15) is 19.2 Å². The summed E-state index contributed by atoms with van der Waals surface area (Å²) in [6.07, 6.45) is 2.61. The van der Waals surface area contributed by atoms with Crippen molar-refractivity contribution in [2.24, 2.45) is 0 Å². The maximum Gasteiger partial charge on any atom is 0.340 e. The number of rotatable bonds is 4. The Morgan fingerprint density at radius 1 is 1.28 bits per heavy atom. The monoisotopic (exact) mass is 429 g/mol. The van der Waals surface area contributed by atoms with Crippen molar-refractivity contribution in [3.63, 3.8) is 0 Å². The molecule has 1 aliphatic rings. The van der Waals surface area contributed by atoms with Crippen LogP contribution < -0.4 is 4.90 Å². The lowest BCUT2D eigenvalue weighted by molar-refractivity contribution is 0.0595. The number of aryl methyl sites for hydroxylation is 1. The molecule has 1 amide bonds. The number of pyridine rings is 1. The van der Waals surface area contributed by atoms with Crippen LogP contribution in [0.5, 0.6) is 0 Å². The number of halogens is 1. The molecule has 1 aliphatic heterocycles. The molecule has 7 heteroatoms. The molecule has 6 nitrogen and oxygen atoms in total. The minimum Gasteiger partial charge on any atom is -0.465 e. The van der Waals surface area contributed by atoms with Gasteiger partial charge < -0.3 is 4.74 Å². The van der Waals surface area contributed by atoms with Crippen molar-refractivity contribution in [1.29, 1.82) is 5.26 Å². The zero-order valence-corrected chi connectivity index (χ0v) is 17.7.